The minimum atomic E-state index is -4.40. The van der Waals surface area contributed by atoms with Gasteiger partial charge in [0.25, 0.3) is 0 Å². The molecule has 1 fully saturated rings. The predicted molar refractivity (Wildman–Crippen MR) is 108 cm³/mol. The molecular formula is C22H21F3N4O. The van der Waals surface area contributed by atoms with Gasteiger partial charge in [0.2, 0.25) is 5.91 Å². The Labute approximate surface area is 171 Å². The van der Waals surface area contributed by atoms with Crippen LogP contribution in [0.1, 0.15) is 42.1 Å². The monoisotopic (exact) mass is 414 g/mol. The first-order chi connectivity index (χ1) is 14.4. The summed E-state index contributed by atoms with van der Waals surface area (Å²) in [5, 5.41) is 6.76. The summed E-state index contributed by atoms with van der Waals surface area (Å²) < 4.78 is 38.3. The molecule has 0 aliphatic heterocycles. The fraction of sp³-hybridized carbons (Fsp3) is 0.318. The van der Waals surface area contributed by atoms with Crippen molar-refractivity contribution in [1.82, 2.24) is 15.3 Å². The van der Waals surface area contributed by atoms with Gasteiger partial charge in [0.05, 0.1) is 11.1 Å². The minimum Gasteiger partial charge on any atom is -0.369 e. The summed E-state index contributed by atoms with van der Waals surface area (Å²) in [7, 11) is 0. The van der Waals surface area contributed by atoms with Gasteiger partial charge in [-0.05, 0) is 42.7 Å². The van der Waals surface area contributed by atoms with Crippen LogP contribution in [0.4, 0.5) is 19.0 Å². The standard InChI is InChI=1S/C22H21F3N4O/c23-22(24,25)16-5-3-4-14(12-16)13-27-19(30)10-11-26-21-17-6-1-2-7-18(17)28-20(29-21)15-8-9-15/h1-7,12,15H,8-11,13H2,(H,27,30)(H,26,28,29). The van der Waals surface area contributed by atoms with Gasteiger partial charge in [0, 0.05) is 30.8 Å². The zero-order valence-electron chi connectivity index (χ0n) is 16.2. The predicted octanol–water partition coefficient (Wildman–Crippen LogP) is 4.64. The third kappa shape index (κ3) is 4.87. The highest BCUT2D eigenvalue weighted by Gasteiger charge is 2.30. The lowest BCUT2D eigenvalue weighted by atomic mass is 10.1. The maximum atomic E-state index is 12.8. The van der Waals surface area contributed by atoms with Gasteiger partial charge in [-0.3, -0.25) is 4.79 Å². The van der Waals surface area contributed by atoms with Crippen molar-refractivity contribution < 1.29 is 18.0 Å². The lowest BCUT2D eigenvalue weighted by Gasteiger charge is -2.11. The van der Waals surface area contributed by atoms with Crippen LogP contribution in [0, 0.1) is 0 Å². The van der Waals surface area contributed by atoms with Crippen molar-refractivity contribution in [1.29, 1.82) is 0 Å². The van der Waals surface area contributed by atoms with Crippen molar-refractivity contribution >= 4 is 22.6 Å². The Balaban J connectivity index is 1.33. The molecule has 30 heavy (non-hydrogen) atoms. The van der Waals surface area contributed by atoms with E-state index in [4.69, 9.17) is 0 Å². The van der Waals surface area contributed by atoms with Gasteiger partial charge in [-0.25, -0.2) is 9.97 Å². The number of carbonyl (C=O) groups excluding carboxylic acids is 1. The van der Waals surface area contributed by atoms with E-state index < -0.39 is 11.7 Å². The summed E-state index contributed by atoms with van der Waals surface area (Å²) in [6, 6.07) is 12.7. The van der Waals surface area contributed by atoms with Crippen molar-refractivity contribution in [3.63, 3.8) is 0 Å². The number of rotatable bonds is 7. The van der Waals surface area contributed by atoms with E-state index >= 15 is 0 Å². The topological polar surface area (TPSA) is 66.9 Å². The van der Waals surface area contributed by atoms with Crippen molar-refractivity contribution in [2.75, 3.05) is 11.9 Å². The zero-order chi connectivity index (χ0) is 21.1. The Morgan fingerprint density at radius 2 is 1.87 bits per heavy atom. The normalized spacial score (nSPS) is 14.0. The number of anilines is 1. The third-order valence-electron chi connectivity index (χ3n) is 4.95. The van der Waals surface area contributed by atoms with Crippen LogP contribution in [0.3, 0.4) is 0 Å². The van der Waals surface area contributed by atoms with Crippen molar-refractivity contribution in [2.24, 2.45) is 0 Å². The molecule has 2 aromatic carbocycles. The quantitative estimate of drug-likeness (QED) is 0.591. The third-order valence-corrected chi connectivity index (χ3v) is 4.95. The molecule has 0 atom stereocenters. The minimum absolute atomic E-state index is 0.0466. The molecule has 1 aliphatic carbocycles. The van der Waals surface area contributed by atoms with E-state index in [0.717, 1.165) is 41.7 Å². The Morgan fingerprint density at radius 1 is 1.07 bits per heavy atom. The maximum absolute atomic E-state index is 12.8. The summed E-state index contributed by atoms with van der Waals surface area (Å²) in [6.07, 6.45) is -2.04. The van der Waals surface area contributed by atoms with Gasteiger partial charge in [0.15, 0.2) is 0 Å². The molecule has 1 heterocycles. The molecule has 1 amide bonds. The molecule has 2 N–H and O–H groups in total. The van der Waals surface area contributed by atoms with Crippen LogP contribution >= 0.6 is 0 Å². The van der Waals surface area contributed by atoms with Crippen LogP contribution in [0.2, 0.25) is 0 Å². The number of alkyl halides is 3. The van der Waals surface area contributed by atoms with E-state index in [1.807, 2.05) is 24.3 Å². The average Bonchev–Trinajstić information content (AvgIpc) is 3.57. The number of nitrogens with one attached hydrogen (secondary N) is 2. The number of amides is 1. The highest BCUT2D eigenvalue weighted by atomic mass is 19.4. The second kappa shape index (κ2) is 8.30. The Kier molecular flexibility index (Phi) is 5.57. The van der Waals surface area contributed by atoms with E-state index in [1.54, 1.807) is 6.07 Å². The molecule has 0 spiro atoms. The number of fused-ring (bicyclic) bond motifs is 1. The van der Waals surface area contributed by atoms with Crippen LogP contribution in [0.15, 0.2) is 48.5 Å². The first kappa shape index (κ1) is 20.1. The van der Waals surface area contributed by atoms with E-state index in [2.05, 4.69) is 20.6 Å². The summed E-state index contributed by atoms with van der Waals surface area (Å²) in [5.74, 6) is 1.69. The summed E-state index contributed by atoms with van der Waals surface area (Å²) in [6.45, 7) is 0.407. The highest BCUT2D eigenvalue weighted by Crippen LogP contribution is 2.39. The van der Waals surface area contributed by atoms with E-state index in [0.29, 0.717) is 23.8 Å². The number of carbonyl (C=O) groups is 1. The first-order valence-electron chi connectivity index (χ1n) is 9.83. The fourth-order valence-corrected chi connectivity index (χ4v) is 3.19. The molecule has 0 saturated heterocycles. The van der Waals surface area contributed by atoms with E-state index in [9.17, 15) is 18.0 Å². The summed E-state index contributed by atoms with van der Waals surface area (Å²) in [4.78, 5) is 21.4. The van der Waals surface area contributed by atoms with Gasteiger partial charge in [-0.1, -0.05) is 24.3 Å². The van der Waals surface area contributed by atoms with E-state index in [-0.39, 0.29) is 18.9 Å². The molecule has 156 valence electrons. The molecule has 0 bridgehead atoms. The van der Waals surface area contributed by atoms with Gasteiger partial charge < -0.3 is 10.6 Å². The Hall–Kier alpha value is -3.16. The van der Waals surface area contributed by atoms with Crippen LogP contribution in [-0.2, 0) is 17.5 Å². The molecule has 3 aromatic rings. The second-order valence-electron chi connectivity index (χ2n) is 7.37. The lowest BCUT2D eigenvalue weighted by molar-refractivity contribution is -0.137. The maximum Gasteiger partial charge on any atom is 0.416 e. The fourth-order valence-electron chi connectivity index (χ4n) is 3.19. The molecule has 4 rings (SSSR count). The number of hydrogen-bond donors (Lipinski definition) is 2. The average molecular weight is 414 g/mol. The van der Waals surface area contributed by atoms with Crippen LogP contribution < -0.4 is 10.6 Å². The lowest BCUT2D eigenvalue weighted by Crippen LogP contribution is -2.25. The number of aromatic nitrogens is 2. The van der Waals surface area contributed by atoms with E-state index in [1.165, 1.54) is 6.07 Å². The molecule has 5 nitrogen and oxygen atoms in total. The van der Waals surface area contributed by atoms with Crippen LogP contribution in [0.25, 0.3) is 10.9 Å². The molecular weight excluding hydrogens is 393 g/mol. The molecule has 0 unspecified atom stereocenters. The highest BCUT2D eigenvalue weighted by molar-refractivity contribution is 5.89. The number of benzene rings is 2. The zero-order valence-corrected chi connectivity index (χ0v) is 16.2. The van der Waals surface area contributed by atoms with Crippen molar-refractivity contribution in [2.45, 2.75) is 37.9 Å². The summed E-state index contributed by atoms with van der Waals surface area (Å²) >= 11 is 0. The van der Waals surface area contributed by atoms with Crippen molar-refractivity contribution in [3.8, 4) is 0 Å². The SMILES string of the molecule is O=C(CCNc1nc(C2CC2)nc2ccccc12)NCc1cccc(C(F)(F)F)c1. The first-order valence-corrected chi connectivity index (χ1v) is 9.83. The molecule has 1 aromatic heterocycles. The van der Waals surface area contributed by atoms with Gasteiger partial charge in [-0.2, -0.15) is 13.2 Å². The Bertz CT molecular complexity index is 1060. The van der Waals surface area contributed by atoms with Gasteiger partial charge in [0.1, 0.15) is 11.6 Å². The van der Waals surface area contributed by atoms with Crippen molar-refractivity contribution in [3.05, 3.63) is 65.5 Å². The summed E-state index contributed by atoms with van der Waals surface area (Å²) in [5.41, 5.74) is 0.547. The second-order valence-corrected chi connectivity index (χ2v) is 7.37. The molecule has 8 heteroatoms. The number of halogens is 3. The molecule has 1 aliphatic rings. The van der Waals surface area contributed by atoms with Gasteiger partial charge >= 0.3 is 6.18 Å². The number of nitrogens with zero attached hydrogens (tertiary/aromatic N) is 2. The number of para-hydroxylation sites is 1. The largest absolute Gasteiger partial charge is 0.416 e. The number of hydrogen-bond acceptors (Lipinski definition) is 4. The molecule has 0 radical (unpaired) electrons. The Morgan fingerprint density at radius 3 is 2.63 bits per heavy atom. The van der Waals surface area contributed by atoms with Crippen LogP contribution in [-0.4, -0.2) is 22.4 Å². The molecule has 1 saturated carbocycles. The van der Waals surface area contributed by atoms with Crippen LogP contribution in [0.5, 0.6) is 0 Å². The smallest absolute Gasteiger partial charge is 0.369 e. The van der Waals surface area contributed by atoms with Gasteiger partial charge in [-0.15, -0.1) is 0 Å².